The van der Waals surface area contributed by atoms with Gasteiger partial charge in [0.1, 0.15) is 5.82 Å². The number of ether oxygens (including phenoxy) is 1. The smallest absolute Gasteiger partial charge is 0.407 e. The molecule has 1 aromatic heterocycles. The molecule has 1 heterocycles. The van der Waals surface area contributed by atoms with E-state index in [1.807, 2.05) is 38.1 Å². The lowest BCUT2D eigenvalue weighted by molar-refractivity contribution is -0.126. The number of amides is 1. The number of alkyl carbamates (subject to hydrolysis) is 1. The first-order valence-electron chi connectivity index (χ1n) is 9.94. The van der Waals surface area contributed by atoms with Gasteiger partial charge in [0.2, 0.25) is 0 Å². The number of carbonyl (C=O) groups excluding carboxylic acids is 2. The quantitative estimate of drug-likeness (QED) is 0.729. The highest BCUT2D eigenvalue weighted by Gasteiger charge is 2.40. The maximum absolute atomic E-state index is 13.2. The van der Waals surface area contributed by atoms with Gasteiger partial charge in [-0.05, 0) is 36.5 Å². The molecular formula is C23H27N3O3. The zero-order chi connectivity index (χ0) is 21.0. The van der Waals surface area contributed by atoms with Crippen LogP contribution >= 0.6 is 0 Å². The maximum atomic E-state index is 13.2. The Balaban J connectivity index is 1.79. The third-order valence-electron chi connectivity index (χ3n) is 5.62. The molecule has 1 amide bonds. The van der Waals surface area contributed by atoms with Crippen LogP contribution in [0.1, 0.15) is 50.4 Å². The number of Topliss-reactive ketones (excluding diaryl/α,β-unsaturated/α-hetero) is 1. The van der Waals surface area contributed by atoms with Crippen LogP contribution in [-0.4, -0.2) is 35.0 Å². The van der Waals surface area contributed by atoms with Crippen LogP contribution in [0.5, 0.6) is 0 Å². The fourth-order valence-electron chi connectivity index (χ4n) is 4.03. The van der Waals surface area contributed by atoms with Crippen LogP contribution in [0, 0.1) is 24.2 Å². The number of nitrogens with one attached hydrogen (secondary N) is 2. The highest BCUT2D eigenvalue weighted by Crippen LogP contribution is 2.40. The number of terminal acetylenes is 1. The summed E-state index contributed by atoms with van der Waals surface area (Å²) in [5.41, 5.74) is 2.72. The Labute approximate surface area is 171 Å². The first-order valence-corrected chi connectivity index (χ1v) is 9.94. The third-order valence-corrected chi connectivity index (χ3v) is 5.62. The summed E-state index contributed by atoms with van der Waals surface area (Å²) in [6.07, 6.45) is 9.28. The van der Waals surface area contributed by atoms with Crippen LogP contribution in [0.2, 0.25) is 0 Å². The van der Waals surface area contributed by atoms with E-state index in [0.29, 0.717) is 0 Å². The molecule has 152 valence electrons. The fraction of sp³-hybridized carbons (Fsp3) is 0.435. The van der Waals surface area contributed by atoms with Crippen LogP contribution in [0.4, 0.5) is 4.79 Å². The van der Waals surface area contributed by atoms with Gasteiger partial charge in [-0.25, -0.2) is 9.78 Å². The summed E-state index contributed by atoms with van der Waals surface area (Å²) in [6, 6.07) is 7.13. The summed E-state index contributed by atoms with van der Waals surface area (Å²) >= 11 is 0. The molecular weight excluding hydrogens is 366 g/mol. The minimum Gasteiger partial charge on any atom is -0.453 e. The number of imidazole rings is 1. The minimum absolute atomic E-state index is 0.0157. The largest absolute Gasteiger partial charge is 0.453 e. The Morgan fingerprint density at radius 1 is 1.28 bits per heavy atom. The van der Waals surface area contributed by atoms with E-state index in [0.717, 1.165) is 41.9 Å². The molecule has 0 spiro atoms. The molecule has 3 rings (SSSR count). The number of H-pyrrole nitrogens is 1. The van der Waals surface area contributed by atoms with Crippen LogP contribution in [-0.2, 0) is 9.53 Å². The van der Waals surface area contributed by atoms with Gasteiger partial charge in [0, 0.05) is 17.4 Å². The minimum atomic E-state index is -0.581. The van der Waals surface area contributed by atoms with Crippen LogP contribution in [0.15, 0.2) is 30.5 Å². The second-order valence-electron chi connectivity index (χ2n) is 7.81. The molecule has 6 heteroatoms. The first-order chi connectivity index (χ1) is 13.9. The number of aromatic amines is 1. The number of nitrogens with zero attached hydrogens (tertiary/aromatic N) is 1. The summed E-state index contributed by atoms with van der Waals surface area (Å²) in [5.74, 6) is 3.29. The lowest BCUT2D eigenvalue weighted by Gasteiger charge is -2.26. The number of methoxy groups -OCH3 is 1. The molecule has 2 N–H and O–H groups in total. The second-order valence-corrected chi connectivity index (χ2v) is 7.81. The van der Waals surface area contributed by atoms with Crippen molar-refractivity contribution in [1.82, 2.24) is 15.3 Å². The summed E-state index contributed by atoms with van der Waals surface area (Å²) in [5, 5.41) is 2.70. The van der Waals surface area contributed by atoms with E-state index in [4.69, 9.17) is 11.2 Å². The molecule has 0 radical (unpaired) electrons. The molecule has 1 aliphatic carbocycles. The lowest BCUT2D eigenvalue weighted by atomic mass is 9.84. The van der Waals surface area contributed by atoms with Gasteiger partial charge < -0.3 is 15.0 Å². The second kappa shape index (κ2) is 8.95. The number of benzene rings is 1. The van der Waals surface area contributed by atoms with Gasteiger partial charge in [0.15, 0.2) is 5.78 Å². The zero-order valence-electron chi connectivity index (χ0n) is 17.1. The van der Waals surface area contributed by atoms with E-state index in [-0.39, 0.29) is 23.5 Å². The van der Waals surface area contributed by atoms with Gasteiger partial charge in [-0.1, -0.05) is 38.3 Å². The average Bonchev–Trinajstić information content (AvgIpc) is 3.40. The van der Waals surface area contributed by atoms with Gasteiger partial charge in [-0.3, -0.25) is 4.79 Å². The van der Waals surface area contributed by atoms with E-state index in [1.165, 1.54) is 7.11 Å². The van der Waals surface area contributed by atoms with Crippen LogP contribution < -0.4 is 5.32 Å². The molecule has 1 aliphatic rings. The molecule has 0 saturated heterocycles. The van der Waals surface area contributed by atoms with Crippen molar-refractivity contribution in [2.24, 2.45) is 11.8 Å². The molecule has 1 saturated carbocycles. The van der Waals surface area contributed by atoms with Crippen molar-refractivity contribution in [2.75, 3.05) is 7.11 Å². The first kappa shape index (κ1) is 20.7. The normalized spacial score (nSPS) is 19.6. The van der Waals surface area contributed by atoms with Crippen molar-refractivity contribution in [1.29, 1.82) is 0 Å². The fourth-order valence-corrected chi connectivity index (χ4v) is 4.03. The molecule has 1 aromatic carbocycles. The summed E-state index contributed by atoms with van der Waals surface area (Å²) in [6.45, 7) is 3.85. The Morgan fingerprint density at radius 3 is 2.62 bits per heavy atom. The van der Waals surface area contributed by atoms with Gasteiger partial charge in [-0.2, -0.15) is 0 Å². The number of carbonyl (C=O) groups is 2. The summed E-state index contributed by atoms with van der Waals surface area (Å²) in [7, 11) is 1.30. The molecule has 2 aromatic rings. The highest BCUT2D eigenvalue weighted by molar-refractivity contribution is 5.90. The van der Waals surface area contributed by atoms with E-state index in [2.05, 4.69) is 21.2 Å². The number of aromatic nitrogens is 2. The van der Waals surface area contributed by atoms with E-state index in [9.17, 15) is 9.59 Å². The predicted octanol–water partition coefficient (Wildman–Crippen LogP) is 3.89. The lowest BCUT2D eigenvalue weighted by Crippen LogP contribution is -2.47. The number of hydrogen-bond donors (Lipinski definition) is 2. The van der Waals surface area contributed by atoms with Crippen molar-refractivity contribution < 1.29 is 14.3 Å². The van der Waals surface area contributed by atoms with E-state index < -0.39 is 12.1 Å². The van der Waals surface area contributed by atoms with Crippen molar-refractivity contribution in [2.45, 2.75) is 45.1 Å². The summed E-state index contributed by atoms with van der Waals surface area (Å²) in [4.78, 5) is 32.9. The average molecular weight is 393 g/mol. The van der Waals surface area contributed by atoms with Crippen LogP contribution in [0.25, 0.3) is 11.3 Å². The Hall–Kier alpha value is -3.07. The predicted molar refractivity (Wildman–Crippen MR) is 111 cm³/mol. The topological polar surface area (TPSA) is 84.1 Å². The zero-order valence-corrected chi connectivity index (χ0v) is 17.1. The number of hydrogen-bond acceptors (Lipinski definition) is 4. The Morgan fingerprint density at radius 2 is 2.00 bits per heavy atom. The molecule has 1 unspecified atom stereocenters. The number of rotatable bonds is 6. The SMILES string of the molecule is C#Cc1ccc(-c2cnc([C@@H]3CCCC3C(=O)[C@@H](NC(=O)OC)C(C)C)[nH]2)cc1. The van der Waals surface area contributed by atoms with Crippen LogP contribution in [0.3, 0.4) is 0 Å². The van der Waals surface area contributed by atoms with Crippen molar-refractivity contribution >= 4 is 11.9 Å². The molecule has 6 nitrogen and oxygen atoms in total. The Bertz CT molecular complexity index is 908. The van der Waals surface area contributed by atoms with Gasteiger partial charge in [-0.15, -0.1) is 6.42 Å². The number of ketones is 1. The van der Waals surface area contributed by atoms with Crippen molar-refractivity contribution in [3.8, 4) is 23.6 Å². The molecule has 0 bridgehead atoms. The molecule has 0 aliphatic heterocycles. The standard InChI is InChI=1S/C23H27N3O3/c1-5-15-9-11-16(12-10-15)19-13-24-22(25-19)18-8-6-7-17(18)21(27)20(14(2)3)26-23(28)29-4/h1,9-14,17-18,20H,6-8H2,2-4H3,(H,24,25)(H,26,28)/t17?,18-,20+/m1/s1. The third kappa shape index (κ3) is 4.51. The molecule has 1 fully saturated rings. The monoisotopic (exact) mass is 393 g/mol. The molecule has 29 heavy (non-hydrogen) atoms. The summed E-state index contributed by atoms with van der Waals surface area (Å²) < 4.78 is 4.69. The van der Waals surface area contributed by atoms with Gasteiger partial charge in [0.25, 0.3) is 0 Å². The van der Waals surface area contributed by atoms with Gasteiger partial charge in [0.05, 0.1) is 25.0 Å². The maximum Gasteiger partial charge on any atom is 0.407 e. The molecule has 3 atom stereocenters. The van der Waals surface area contributed by atoms with Crippen molar-refractivity contribution in [3.63, 3.8) is 0 Å². The van der Waals surface area contributed by atoms with Gasteiger partial charge >= 0.3 is 6.09 Å². The van der Waals surface area contributed by atoms with Crippen molar-refractivity contribution in [3.05, 3.63) is 41.9 Å². The highest BCUT2D eigenvalue weighted by atomic mass is 16.5. The van der Waals surface area contributed by atoms with E-state index >= 15 is 0 Å². The van der Waals surface area contributed by atoms with E-state index in [1.54, 1.807) is 6.20 Å². The Kier molecular flexibility index (Phi) is 6.38.